The summed E-state index contributed by atoms with van der Waals surface area (Å²) < 4.78 is 33.2. The smallest absolute Gasteiger partial charge is 0.425 e. The van der Waals surface area contributed by atoms with Crippen LogP contribution in [0.25, 0.3) is 0 Å². The lowest BCUT2D eigenvalue weighted by molar-refractivity contribution is 0.168. The van der Waals surface area contributed by atoms with E-state index in [2.05, 4.69) is 4.74 Å². The summed E-state index contributed by atoms with van der Waals surface area (Å²) in [5, 5.41) is 0. The molecule has 8 heteroatoms. The molecule has 0 saturated carbocycles. The molecule has 11 heavy (non-hydrogen) atoms. The molecule has 0 aromatic rings. The van der Waals surface area contributed by atoms with Crippen LogP contribution in [0.1, 0.15) is 0 Å². The van der Waals surface area contributed by atoms with Crippen molar-refractivity contribution in [2.75, 3.05) is 13.2 Å². The summed E-state index contributed by atoms with van der Waals surface area (Å²) in [5.41, 5.74) is 0. The molecule has 0 aromatic carbocycles. The van der Waals surface area contributed by atoms with Gasteiger partial charge in [-0.3, -0.25) is 4.55 Å². The average molecular weight is 184 g/mol. The number of rotatable bonds is 1. The van der Waals surface area contributed by atoms with Gasteiger partial charge in [-0.25, -0.2) is 4.79 Å². The molecule has 1 saturated heterocycles. The Balaban J connectivity index is 0.000001000. The second-order valence-electron chi connectivity index (χ2n) is 1.66. The number of hydrogen-bond donors (Lipinski definition) is 2. The fraction of sp³-hybridized carbons (Fsp3) is 0.667. The third-order valence-electron chi connectivity index (χ3n) is 1.00. The van der Waals surface area contributed by atoms with Crippen molar-refractivity contribution in [3.63, 3.8) is 0 Å². The minimum absolute atomic E-state index is 0. The van der Waals surface area contributed by atoms with Crippen molar-refractivity contribution < 1.29 is 22.5 Å². The van der Waals surface area contributed by atoms with Gasteiger partial charge in [0.1, 0.15) is 6.61 Å². The van der Waals surface area contributed by atoms with Gasteiger partial charge in [0.2, 0.25) is 0 Å². The Morgan fingerprint density at radius 2 is 2.09 bits per heavy atom. The molecule has 1 rings (SSSR count). The van der Waals surface area contributed by atoms with E-state index >= 15 is 0 Å². The molecule has 0 unspecified atom stereocenters. The van der Waals surface area contributed by atoms with Gasteiger partial charge >= 0.3 is 16.4 Å². The highest BCUT2D eigenvalue weighted by molar-refractivity contribution is 7.84. The molecule has 0 radical (unpaired) electrons. The molecule has 4 N–H and O–H groups in total. The molecule has 0 spiro atoms. The lowest BCUT2D eigenvalue weighted by Crippen LogP contribution is -2.30. The lowest BCUT2D eigenvalue weighted by Gasteiger charge is -2.05. The summed E-state index contributed by atoms with van der Waals surface area (Å²) in [6.45, 7) is -0.115. The molecule has 1 aliphatic heterocycles. The summed E-state index contributed by atoms with van der Waals surface area (Å²) in [4.78, 5) is 10.4. The molecule has 1 fully saturated rings. The Kier molecular flexibility index (Phi) is 2.79. The Bertz CT molecular complexity index is 246. The molecule has 0 bridgehead atoms. The minimum atomic E-state index is -4.39. The molecule has 1 heterocycles. The maximum absolute atomic E-state index is 10.4. The van der Waals surface area contributed by atoms with Gasteiger partial charge in [-0.15, -0.1) is 0 Å². The fourth-order valence-electron chi connectivity index (χ4n) is 0.589. The first-order valence-electron chi connectivity index (χ1n) is 2.44. The Hall–Kier alpha value is -0.860. The monoisotopic (exact) mass is 184 g/mol. The van der Waals surface area contributed by atoms with Gasteiger partial charge in [0.05, 0.1) is 6.54 Å². The molecular weight excluding hydrogens is 176 g/mol. The first-order chi connectivity index (χ1) is 4.52. The summed E-state index contributed by atoms with van der Waals surface area (Å²) in [5.74, 6) is 0. The van der Waals surface area contributed by atoms with Crippen molar-refractivity contribution in [1.82, 2.24) is 10.5 Å². The third-order valence-corrected chi connectivity index (χ3v) is 1.89. The highest BCUT2D eigenvalue weighted by Gasteiger charge is 2.31. The van der Waals surface area contributed by atoms with Gasteiger partial charge < -0.3 is 10.9 Å². The van der Waals surface area contributed by atoms with Gasteiger partial charge in [0.15, 0.2) is 0 Å². The van der Waals surface area contributed by atoms with Gasteiger partial charge in [-0.2, -0.15) is 12.7 Å². The molecular formula is C3H8N2O5S. The SMILES string of the molecule is N.O=C1OCCN1S(=O)(=O)O. The maximum Gasteiger partial charge on any atom is 0.425 e. The van der Waals surface area contributed by atoms with Crippen molar-refractivity contribution in [3.8, 4) is 0 Å². The number of ether oxygens (including phenoxy) is 1. The Labute approximate surface area is 63.4 Å². The summed E-state index contributed by atoms with van der Waals surface area (Å²) in [6, 6.07) is 0. The second kappa shape index (κ2) is 3.03. The molecule has 1 amide bonds. The number of amides is 1. The molecule has 66 valence electrons. The largest absolute Gasteiger partial charge is 0.447 e. The van der Waals surface area contributed by atoms with Crippen LogP contribution in [0.5, 0.6) is 0 Å². The van der Waals surface area contributed by atoms with Crippen LogP contribution in [0.3, 0.4) is 0 Å². The van der Waals surface area contributed by atoms with Crippen LogP contribution in [0, 0.1) is 0 Å². The van der Waals surface area contributed by atoms with Gasteiger partial charge in [0, 0.05) is 0 Å². The van der Waals surface area contributed by atoms with E-state index in [0.29, 0.717) is 0 Å². The summed E-state index contributed by atoms with van der Waals surface area (Å²) in [7, 11) is -4.39. The molecule has 7 nitrogen and oxygen atoms in total. The van der Waals surface area contributed by atoms with Crippen molar-refractivity contribution >= 4 is 16.4 Å². The van der Waals surface area contributed by atoms with Crippen LogP contribution < -0.4 is 6.15 Å². The molecule has 1 aliphatic rings. The Morgan fingerprint density at radius 1 is 1.55 bits per heavy atom. The number of nitrogens with zero attached hydrogens (tertiary/aromatic N) is 1. The van der Waals surface area contributed by atoms with Crippen LogP contribution in [0.4, 0.5) is 4.79 Å². The number of carbonyl (C=O) groups is 1. The average Bonchev–Trinajstić information content (AvgIpc) is 2.11. The van der Waals surface area contributed by atoms with Crippen LogP contribution in [0.15, 0.2) is 0 Å². The fourth-order valence-corrected chi connectivity index (χ4v) is 1.14. The van der Waals surface area contributed by atoms with Crippen molar-refractivity contribution in [1.29, 1.82) is 0 Å². The van der Waals surface area contributed by atoms with Crippen LogP contribution in [0.2, 0.25) is 0 Å². The van der Waals surface area contributed by atoms with E-state index < -0.39 is 16.4 Å². The standard InChI is InChI=1S/C3H5NO5S.H3N/c5-3-4(1-2-9-3)10(6,7)8;/h1-2H2,(H,6,7,8);1H3. The lowest BCUT2D eigenvalue weighted by atomic mass is 10.7. The van der Waals surface area contributed by atoms with Gasteiger partial charge in [-0.05, 0) is 0 Å². The molecule has 0 aliphatic carbocycles. The maximum atomic E-state index is 10.4. The highest BCUT2D eigenvalue weighted by atomic mass is 32.2. The van der Waals surface area contributed by atoms with Crippen LogP contribution >= 0.6 is 0 Å². The van der Waals surface area contributed by atoms with Crippen LogP contribution in [-0.4, -0.2) is 36.5 Å². The summed E-state index contributed by atoms with van der Waals surface area (Å²) >= 11 is 0. The quantitative estimate of drug-likeness (QED) is 0.525. The molecule has 0 aromatic heterocycles. The van der Waals surface area contributed by atoms with E-state index in [-0.39, 0.29) is 23.6 Å². The predicted octanol–water partition coefficient (Wildman–Crippen LogP) is -0.597. The van der Waals surface area contributed by atoms with Gasteiger partial charge in [-0.1, -0.05) is 0 Å². The van der Waals surface area contributed by atoms with E-state index in [1.807, 2.05) is 0 Å². The predicted molar refractivity (Wildman–Crippen MR) is 34.6 cm³/mol. The highest BCUT2D eigenvalue weighted by Crippen LogP contribution is 2.06. The normalized spacial score (nSPS) is 17.5. The first-order valence-corrected chi connectivity index (χ1v) is 3.83. The zero-order valence-corrected chi connectivity index (χ0v) is 6.37. The summed E-state index contributed by atoms with van der Waals surface area (Å²) in [6.07, 6.45) is -1.03. The van der Waals surface area contributed by atoms with E-state index in [0.717, 1.165) is 0 Å². The number of carbonyl (C=O) groups excluding carboxylic acids is 1. The second-order valence-corrected chi connectivity index (χ2v) is 3.00. The number of cyclic esters (lactones) is 1. The Morgan fingerprint density at radius 3 is 2.27 bits per heavy atom. The van der Waals surface area contributed by atoms with Crippen molar-refractivity contribution in [2.45, 2.75) is 0 Å². The van der Waals surface area contributed by atoms with E-state index in [1.165, 1.54) is 0 Å². The zero-order chi connectivity index (χ0) is 7.78. The topological polar surface area (TPSA) is 119 Å². The van der Waals surface area contributed by atoms with E-state index in [1.54, 1.807) is 0 Å². The first kappa shape index (κ1) is 10.1. The molecule has 0 atom stereocenters. The van der Waals surface area contributed by atoms with E-state index in [9.17, 15) is 13.2 Å². The third kappa shape index (κ3) is 2.03. The minimum Gasteiger partial charge on any atom is -0.447 e. The van der Waals surface area contributed by atoms with E-state index in [4.69, 9.17) is 4.55 Å². The number of hydrogen-bond acceptors (Lipinski definition) is 5. The van der Waals surface area contributed by atoms with Crippen LogP contribution in [-0.2, 0) is 15.0 Å². The van der Waals surface area contributed by atoms with Gasteiger partial charge in [0.25, 0.3) is 0 Å². The van der Waals surface area contributed by atoms with Crippen molar-refractivity contribution in [3.05, 3.63) is 0 Å². The van der Waals surface area contributed by atoms with Crippen molar-refractivity contribution in [2.24, 2.45) is 0 Å². The zero-order valence-electron chi connectivity index (χ0n) is 5.56.